The SMILES string of the molecule is O=C(O)CCC1CCN(CCc2ccsc2)CC1. The zero-order valence-electron chi connectivity index (χ0n) is 10.7. The van der Waals surface area contributed by atoms with Crippen LogP contribution in [-0.2, 0) is 11.2 Å². The first-order valence-electron chi connectivity index (χ1n) is 6.69. The van der Waals surface area contributed by atoms with E-state index in [0.29, 0.717) is 12.3 Å². The monoisotopic (exact) mass is 267 g/mol. The molecule has 1 aromatic heterocycles. The van der Waals surface area contributed by atoms with E-state index in [1.54, 1.807) is 11.3 Å². The molecule has 1 fully saturated rings. The summed E-state index contributed by atoms with van der Waals surface area (Å²) in [5.41, 5.74) is 1.44. The number of carboxylic acids is 1. The number of thiophene rings is 1. The van der Waals surface area contributed by atoms with E-state index < -0.39 is 5.97 Å². The molecule has 0 amide bonds. The molecule has 18 heavy (non-hydrogen) atoms. The maximum atomic E-state index is 10.5. The van der Waals surface area contributed by atoms with E-state index in [-0.39, 0.29) is 0 Å². The summed E-state index contributed by atoms with van der Waals surface area (Å²) < 4.78 is 0. The fourth-order valence-corrected chi connectivity index (χ4v) is 3.25. The summed E-state index contributed by atoms with van der Waals surface area (Å²) >= 11 is 1.76. The average molecular weight is 267 g/mol. The van der Waals surface area contributed by atoms with Crippen LogP contribution in [0.15, 0.2) is 16.8 Å². The third-order valence-electron chi connectivity index (χ3n) is 3.77. The molecule has 4 heteroatoms. The van der Waals surface area contributed by atoms with Gasteiger partial charge in [0.25, 0.3) is 0 Å². The average Bonchev–Trinajstić information content (AvgIpc) is 2.88. The quantitative estimate of drug-likeness (QED) is 0.861. The Bertz CT molecular complexity index is 356. The Morgan fingerprint density at radius 1 is 1.44 bits per heavy atom. The second-order valence-corrected chi connectivity index (χ2v) is 5.88. The summed E-state index contributed by atoms with van der Waals surface area (Å²) in [7, 11) is 0. The molecular formula is C14H21NO2S. The first-order valence-corrected chi connectivity index (χ1v) is 7.63. The standard InChI is InChI=1S/C14H21NO2S/c16-14(17)2-1-12-3-7-15(8-4-12)9-5-13-6-10-18-11-13/h6,10-12H,1-5,7-9H2,(H,16,17). The van der Waals surface area contributed by atoms with Crippen molar-refractivity contribution in [3.8, 4) is 0 Å². The van der Waals surface area contributed by atoms with Gasteiger partial charge in [-0.1, -0.05) is 0 Å². The molecule has 0 unspecified atom stereocenters. The molecule has 3 nitrogen and oxygen atoms in total. The zero-order chi connectivity index (χ0) is 12.8. The number of aliphatic carboxylic acids is 1. The first-order chi connectivity index (χ1) is 8.74. The van der Waals surface area contributed by atoms with Crippen LogP contribution in [0.2, 0.25) is 0 Å². The smallest absolute Gasteiger partial charge is 0.303 e. The summed E-state index contributed by atoms with van der Waals surface area (Å²) in [5.74, 6) is -0.0339. The maximum absolute atomic E-state index is 10.5. The fourth-order valence-electron chi connectivity index (χ4n) is 2.55. The summed E-state index contributed by atoms with van der Waals surface area (Å²) in [6.45, 7) is 3.41. The minimum Gasteiger partial charge on any atom is -0.481 e. The van der Waals surface area contributed by atoms with Crippen molar-refractivity contribution in [3.05, 3.63) is 22.4 Å². The molecule has 0 aliphatic carbocycles. The van der Waals surface area contributed by atoms with E-state index in [0.717, 1.165) is 45.3 Å². The Balaban J connectivity index is 1.62. The van der Waals surface area contributed by atoms with Gasteiger partial charge in [0.05, 0.1) is 0 Å². The third kappa shape index (κ3) is 4.42. The van der Waals surface area contributed by atoms with E-state index in [9.17, 15) is 4.79 Å². The van der Waals surface area contributed by atoms with Gasteiger partial charge in [-0.05, 0) is 67.1 Å². The van der Waals surface area contributed by atoms with Crippen molar-refractivity contribution in [2.45, 2.75) is 32.1 Å². The van der Waals surface area contributed by atoms with Crippen molar-refractivity contribution in [1.82, 2.24) is 4.90 Å². The molecule has 2 rings (SSSR count). The highest BCUT2D eigenvalue weighted by atomic mass is 32.1. The number of piperidine rings is 1. The van der Waals surface area contributed by atoms with Gasteiger partial charge < -0.3 is 10.0 Å². The second kappa shape index (κ2) is 6.90. The third-order valence-corrected chi connectivity index (χ3v) is 4.50. The van der Waals surface area contributed by atoms with Gasteiger partial charge in [-0.2, -0.15) is 11.3 Å². The zero-order valence-corrected chi connectivity index (χ0v) is 11.5. The van der Waals surface area contributed by atoms with Crippen molar-refractivity contribution < 1.29 is 9.90 Å². The molecule has 0 saturated carbocycles. The van der Waals surface area contributed by atoms with Gasteiger partial charge in [0.2, 0.25) is 0 Å². The van der Waals surface area contributed by atoms with Gasteiger partial charge in [0.1, 0.15) is 0 Å². The highest BCUT2D eigenvalue weighted by Gasteiger charge is 2.19. The number of hydrogen-bond acceptors (Lipinski definition) is 3. The molecule has 1 N–H and O–H groups in total. The Morgan fingerprint density at radius 3 is 2.83 bits per heavy atom. The molecule has 1 aliphatic rings. The topological polar surface area (TPSA) is 40.5 Å². The molecule has 1 saturated heterocycles. The Labute approximate surface area is 112 Å². The van der Waals surface area contributed by atoms with Crippen molar-refractivity contribution in [1.29, 1.82) is 0 Å². The summed E-state index contributed by atoms with van der Waals surface area (Å²) in [6, 6.07) is 2.20. The molecule has 0 atom stereocenters. The van der Waals surface area contributed by atoms with E-state index in [1.165, 1.54) is 5.56 Å². The van der Waals surface area contributed by atoms with Crippen LogP contribution >= 0.6 is 11.3 Å². The van der Waals surface area contributed by atoms with Crippen LogP contribution in [0.5, 0.6) is 0 Å². The van der Waals surface area contributed by atoms with Gasteiger partial charge in [-0.25, -0.2) is 0 Å². The van der Waals surface area contributed by atoms with Crippen LogP contribution in [0.1, 0.15) is 31.2 Å². The number of carboxylic acid groups (broad SMARTS) is 1. The van der Waals surface area contributed by atoms with Gasteiger partial charge >= 0.3 is 5.97 Å². The maximum Gasteiger partial charge on any atom is 0.303 e. The van der Waals surface area contributed by atoms with Crippen LogP contribution in [-0.4, -0.2) is 35.6 Å². The fraction of sp³-hybridized carbons (Fsp3) is 0.643. The largest absolute Gasteiger partial charge is 0.481 e. The van der Waals surface area contributed by atoms with E-state index in [4.69, 9.17) is 5.11 Å². The van der Waals surface area contributed by atoms with Crippen LogP contribution in [0.4, 0.5) is 0 Å². The van der Waals surface area contributed by atoms with Crippen LogP contribution in [0.25, 0.3) is 0 Å². The molecule has 0 spiro atoms. The summed E-state index contributed by atoms with van der Waals surface area (Å²) in [5, 5.41) is 13.0. The Hall–Kier alpha value is -0.870. The van der Waals surface area contributed by atoms with Crippen LogP contribution in [0.3, 0.4) is 0 Å². The minimum atomic E-state index is -0.658. The van der Waals surface area contributed by atoms with Crippen LogP contribution < -0.4 is 0 Å². The minimum absolute atomic E-state index is 0.333. The Kier molecular flexibility index (Phi) is 5.20. The normalized spacial score (nSPS) is 18.0. The summed E-state index contributed by atoms with van der Waals surface area (Å²) in [6.07, 6.45) is 4.66. The molecule has 0 radical (unpaired) electrons. The van der Waals surface area contributed by atoms with Crippen molar-refractivity contribution in [2.24, 2.45) is 5.92 Å². The number of carbonyl (C=O) groups is 1. The molecule has 1 aromatic rings. The lowest BCUT2D eigenvalue weighted by Gasteiger charge is -2.31. The number of likely N-dealkylation sites (tertiary alicyclic amines) is 1. The Morgan fingerprint density at radius 2 is 2.22 bits per heavy atom. The molecule has 100 valence electrons. The first kappa shape index (κ1) is 13.6. The molecule has 1 aliphatic heterocycles. The van der Waals surface area contributed by atoms with Gasteiger partial charge in [0.15, 0.2) is 0 Å². The second-order valence-electron chi connectivity index (χ2n) is 5.10. The van der Waals surface area contributed by atoms with Crippen molar-refractivity contribution in [3.63, 3.8) is 0 Å². The lowest BCUT2D eigenvalue weighted by molar-refractivity contribution is -0.137. The van der Waals surface area contributed by atoms with E-state index >= 15 is 0 Å². The molecule has 0 bridgehead atoms. The van der Waals surface area contributed by atoms with Crippen molar-refractivity contribution >= 4 is 17.3 Å². The molecular weight excluding hydrogens is 246 g/mol. The van der Waals surface area contributed by atoms with Gasteiger partial charge in [0, 0.05) is 13.0 Å². The van der Waals surface area contributed by atoms with Gasteiger partial charge in [-0.15, -0.1) is 0 Å². The van der Waals surface area contributed by atoms with E-state index in [2.05, 4.69) is 21.7 Å². The summed E-state index contributed by atoms with van der Waals surface area (Å²) in [4.78, 5) is 13.0. The lowest BCUT2D eigenvalue weighted by atomic mass is 9.92. The van der Waals surface area contributed by atoms with Gasteiger partial charge in [-0.3, -0.25) is 4.79 Å². The molecule has 0 aromatic carbocycles. The highest BCUT2D eigenvalue weighted by Crippen LogP contribution is 2.22. The highest BCUT2D eigenvalue weighted by molar-refractivity contribution is 7.07. The van der Waals surface area contributed by atoms with Crippen molar-refractivity contribution in [2.75, 3.05) is 19.6 Å². The molecule has 2 heterocycles. The predicted octanol–water partition coefficient (Wildman–Crippen LogP) is 2.87. The predicted molar refractivity (Wildman–Crippen MR) is 74.1 cm³/mol. The van der Waals surface area contributed by atoms with Crippen LogP contribution in [0, 0.1) is 5.92 Å². The number of hydrogen-bond donors (Lipinski definition) is 1. The lowest BCUT2D eigenvalue weighted by Crippen LogP contribution is -2.35. The van der Waals surface area contributed by atoms with E-state index in [1.807, 2.05) is 0 Å². The number of nitrogens with zero attached hydrogens (tertiary/aromatic N) is 1. The number of rotatable bonds is 6.